The normalized spacial score (nSPS) is 16.8. The van der Waals surface area contributed by atoms with Gasteiger partial charge in [-0.25, -0.2) is 4.79 Å². The molecule has 2 heterocycles. The zero-order chi connectivity index (χ0) is 15.5. The summed E-state index contributed by atoms with van der Waals surface area (Å²) in [6, 6.07) is 7.44. The molecule has 3 rings (SSSR count). The Morgan fingerprint density at radius 1 is 1.36 bits per heavy atom. The average Bonchev–Trinajstić information content (AvgIpc) is 2.96. The van der Waals surface area contributed by atoms with E-state index in [1.54, 1.807) is 0 Å². The molecule has 2 N–H and O–H groups in total. The number of urea groups is 1. The van der Waals surface area contributed by atoms with Crippen LogP contribution in [0.5, 0.6) is 5.75 Å². The second-order valence-corrected chi connectivity index (χ2v) is 6.44. The number of aromatic nitrogens is 2. The lowest BCUT2D eigenvalue weighted by Gasteiger charge is -2.26. The van der Waals surface area contributed by atoms with Gasteiger partial charge in [-0.2, -0.15) is 0 Å². The second-order valence-electron chi connectivity index (χ2n) is 5.43. The summed E-state index contributed by atoms with van der Waals surface area (Å²) in [5.74, 6) is 1.13. The highest BCUT2D eigenvalue weighted by molar-refractivity contribution is 7.15. The third-order valence-electron chi connectivity index (χ3n) is 3.42. The summed E-state index contributed by atoms with van der Waals surface area (Å²) in [6.07, 6.45) is 0.748. The lowest BCUT2D eigenvalue weighted by molar-refractivity contribution is 0.232. The lowest BCUT2D eigenvalue weighted by Crippen LogP contribution is -2.35. The Bertz CT molecular complexity index is 671. The van der Waals surface area contributed by atoms with E-state index in [1.807, 2.05) is 38.1 Å². The third kappa shape index (κ3) is 3.19. The summed E-state index contributed by atoms with van der Waals surface area (Å²) < 4.78 is 5.59. The number of rotatable bonds is 3. The van der Waals surface area contributed by atoms with Gasteiger partial charge in [0.15, 0.2) is 0 Å². The van der Waals surface area contributed by atoms with Gasteiger partial charge in [0.2, 0.25) is 5.13 Å². The summed E-state index contributed by atoms with van der Waals surface area (Å²) in [7, 11) is 0. The fraction of sp³-hybridized carbons (Fsp3) is 0.400. The summed E-state index contributed by atoms with van der Waals surface area (Å²) in [6.45, 7) is 4.69. The highest BCUT2D eigenvalue weighted by Gasteiger charge is 2.23. The molecule has 1 atom stereocenters. The van der Waals surface area contributed by atoms with E-state index < -0.39 is 0 Å². The van der Waals surface area contributed by atoms with Gasteiger partial charge < -0.3 is 10.1 Å². The Morgan fingerprint density at radius 2 is 2.18 bits per heavy atom. The largest absolute Gasteiger partial charge is 0.493 e. The van der Waals surface area contributed by atoms with E-state index in [4.69, 9.17) is 4.74 Å². The number of anilines is 1. The van der Waals surface area contributed by atoms with E-state index >= 15 is 0 Å². The third-order valence-corrected chi connectivity index (χ3v) is 4.56. The van der Waals surface area contributed by atoms with Gasteiger partial charge in [0, 0.05) is 17.9 Å². The highest BCUT2D eigenvalue weighted by Crippen LogP contribution is 2.31. The first-order valence-corrected chi connectivity index (χ1v) is 8.08. The first-order valence-electron chi connectivity index (χ1n) is 7.26. The summed E-state index contributed by atoms with van der Waals surface area (Å²) in [5.41, 5.74) is 1.00. The molecule has 0 fully saturated rings. The maximum absolute atomic E-state index is 12.1. The van der Waals surface area contributed by atoms with Crippen LogP contribution in [0.1, 0.15) is 42.8 Å². The molecular weight excluding hydrogens is 300 g/mol. The number of fused-ring (bicyclic) bond motifs is 1. The first-order chi connectivity index (χ1) is 10.6. The van der Waals surface area contributed by atoms with Gasteiger partial charge in [0.25, 0.3) is 0 Å². The summed E-state index contributed by atoms with van der Waals surface area (Å²) in [5, 5.41) is 15.2. The summed E-state index contributed by atoms with van der Waals surface area (Å²) in [4.78, 5) is 12.1. The molecule has 1 aliphatic heterocycles. The van der Waals surface area contributed by atoms with Crippen molar-refractivity contribution in [1.82, 2.24) is 15.5 Å². The molecular formula is C15H18N4O2S. The fourth-order valence-corrected chi connectivity index (χ4v) is 3.04. The zero-order valence-corrected chi connectivity index (χ0v) is 13.3. The molecule has 22 heavy (non-hydrogen) atoms. The molecule has 116 valence electrons. The van der Waals surface area contributed by atoms with E-state index in [0.717, 1.165) is 22.7 Å². The monoisotopic (exact) mass is 318 g/mol. The number of hydrogen-bond donors (Lipinski definition) is 2. The number of hydrogen-bond acceptors (Lipinski definition) is 5. The minimum Gasteiger partial charge on any atom is -0.493 e. The Kier molecular flexibility index (Phi) is 4.24. The van der Waals surface area contributed by atoms with Crippen LogP contribution in [0.15, 0.2) is 24.3 Å². The fourth-order valence-electron chi connectivity index (χ4n) is 2.30. The number of para-hydroxylation sites is 1. The Morgan fingerprint density at radius 3 is 2.95 bits per heavy atom. The number of nitrogens with one attached hydrogen (secondary N) is 2. The molecule has 0 bridgehead atoms. The number of benzene rings is 1. The van der Waals surface area contributed by atoms with Crippen molar-refractivity contribution in [2.45, 2.75) is 32.2 Å². The van der Waals surface area contributed by atoms with Crippen LogP contribution in [0.25, 0.3) is 0 Å². The highest BCUT2D eigenvalue weighted by atomic mass is 32.1. The van der Waals surface area contributed by atoms with Crippen LogP contribution in [0.2, 0.25) is 0 Å². The smallest absolute Gasteiger partial charge is 0.321 e. The van der Waals surface area contributed by atoms with Crippen molar-refractivity contribution >= 4 is 22.5 Å². The van der Waals surface area contributed by atoms with E-state index in [9.17, 15) is 4.79 Å². The predicted octanol–water partition coefficient (Wildman–Crippen LogP) is 3.31. The lowest BCUT2D eigenvalue weighted by atomic mass is 10.0. The van der Waals surface area contributed by atoms with Crippen molar-refractivity contribution in [1.29, 1.82) is 0 Å². The number of carbonyl (C=O) groups excluding carboxylic acids is 1. The van der Waals surface area contributed by atoms with Crippen molar-refractivity contribution in [3.8, 4) is 5.75 Å². The standard InChI is InChI=1S/C15H18N4O2S/c1-9(2)13-18-19-15(22-13)17-14(20)16-11-7-8-21-12-6-4-3-5-10(11)12/h3-6,9,11H,7-8H2,1-2H3,(H2,16,17,19,20). The van der Waals surface area contributed by atoms with Crippen molar-refractivity contribution < 1.29 is 9.53 Å². The molecule has 0 saturated heterocycles. The van der Waals surface area contributed by atoms with Gasteiger partial charge in [-0.3, -0.25) is 5.32 Å². The number of ether oxygens (including phenoxy) is 1. The Hall–Kier alpha value is -2.15. The van der Waals surface area contributed by atoms with Crippen LogP contribution in [0.4, 0.5) is 9.93 Å². The minimum atomic E-state index is -0.270. The van der Waals surface area contributed by atoms with Crippen molar-refractivity contribution in [3.63, 3.8) is 0 Å². The molecule has 0 saturated carbocycles. The van der Waals surface area contributed by atoms with Gasteiger partial charge in [0.05, 0.1) is 12.6 Å². The van der Waals surface area contributed by atoms with Crippen molar-refractivity contribution in [2.24, 2.45) is 0 Å². The zero-order valence-electron chi connectivity index (χ0n) is 12.5. The van der Waals surface area contributed by atoms with E-state index in [2.05, 4.69) is 20.8 Å². The van der Waals surface area contributed by atoms with Crippen LogP contribution in [0.3, 0.4) is 0 Å². The van der Waals surface area contributed by atoms with E-state index in [-0.39, 0.29) is 12.1 Å². The molecule has 0 radical (unpaired) electrons. The predicted molar refractivity (Wildman–Crippen MR) is 85.4 cm³/mol. The molecule has 1 aliphatic rings. The van der Waals surface area contributed by atoms with E-state index in [1.165, 1.54) is 11.3 Å². The van der Waals surface area contributed by atoms with Gasteiger partial charge in [-0.1, -0.05) is 43.4 Å². The quantitative estimate of drug-likeness (QED) is 0.910. The van der Waals surface area contributed by atoms with E-state index in [0.29, 0.717) is 17.7 Å². The Balaban J connectivity index is 1.65. The first kappa shape index (κ1) is 14.8. The molecule has 1 unspecified atom stereocenters. The molecule has 7 heteroatoms. The molecule has 1 aromatic heterocycles. The van der Waals surface area contributed by atoms with Crippen LogP contribution in [-0.4, -0.2) is 22.8 Å². The maximum Gasteiger partial charge on any atom is 0.321 e. The number of nitrogens with zero attached hydrogens (tertiary/aromatic N) is 2. The Labute approximate surface area is 132 Å². The molecule has 1 aromatic carbocycles. The van der Waals surface area contributed by atoms with Crippen LogP contribution >= 0.6 is 11.3 Å². The van der Waals surface area contributed by atoms with Crippen LogP contribution in [0, 0.1) is 0 Å². The number of carbonyl (C=O) groups is 1. The minimum absolute atomic E-state index is 0.0533. The second kappa shape index (κ2) is 6.31. The van der Waals surface area contributed by atoms with Gasteiger partial charge in [-0.15, -0.1) is 10.2 Å². The van der Waals surface area contributed by atoms with Crippen molar-refractivity contribution in [3.05, 3.63) is 34.8 Å². The topological polar surface area (TPSA) is 76.1 Å². The van der Waals surface area contributed by atoms with Gasteiger partial charge >= 0.3 is 6.03 Å². The molecule has 0 spiro atoms. The molecule has 2 amide bonds. The number of amides is 2. The average molecular weight is 318 g/mol. The molecule has 6 nitrogen and oxygen atoms in total. The van der Waals surface area contributed by atoms with Crippen molar-refractivity contribution in [2.75, 3.05) is 11.9 Å². The van der Waals surface area contributed by atoms with Gasteiger partial charge in [-0.05, 0) is 6.07 Å². The summed E-state index contributed by atoms with van der Waals surface area (Å²) >= 11 is 1.40. The van der Waals surface area contributed by atoms with Gasteiger partial charge in [0.1, 0.15) is 10.8 Å². The molecule has 0 aliphatic carbocycles. The van der Waals surface area contributed by atoms with Crippen LogP contribution < -0.4 is 15.4 Å². The molecule has 2 aromatic rings. The maximum atomic E-state index is 12.1. The van der Waals surface area contributed by atoms with Crippen LogP contribution in [-0.2, 0) is 0 Å². The SMILES string of the molecule is CC(C)c1nnc(NC(=O)NC2CCOc3ccccc32)s1.